The highest BCUT2D eigenvalue weighted by Crippen LogP contribution is 2.24. The van der Waals surface area contributed by atoms with Crippen molar-refractivity contribution in [2.75, 3.05) is 0 Å². The maximum atomic E-state index is 12.1. The van der Waals surface area contributed by atoms with Crippen molar-refractivity contribution in [3.8, 4) is 0 Å². The molecule has 0 saturated carbocycles. The van der Waals surface area contributed by atoms with Crippen LogP contribution >= 0.6 is 0 Å². The molecule has 0 heterocycles. The van der Waals surface area contributed by atoms with E-state index in [1.54, 1.807) is 0 Å². The van der Waals surface area contributed by atoms with Gasteiger partial charge in [0.15, 0.2) is 0 Å². The predicted octanol–water partition coefficient (Wildman–Crippen LogP) is 3.00. The smallest absolute Gasteiger partial charge is 0.237 e. The predicted molar refractivity (Wildman–Crippen MR) is 83.3 cm³/mol. The number of amides is 1. The first-order valence-electron chi connectivity index (χ1n) is 7.04. The summed E-state index contributed by atoms with van der Waals surface area (Å²) in [5.41, 5.74) is 7.00. The second kappa shape index (κ2) is 6.06. The molecule has 0 saturated heterocycles. The molecule has 3 nitrogen and oxygen atoms in total. The van der Waals surface area contributed by atoms with E-state index in [0.717, 1.165) is 5.56 Å². The molecule has 2 aromatic carbocycles. The first-order valence-corrected chi connectivity index (χ1v) is 7.04. The molecule has 2 atom stereocenters. The van der Waals surface area contributed by atoms with Crippen LogP contribution in [0.25, 0.3) is 10.8 Å². The molecule has 0 spiro atoms. The summed E-state index contributed by atoms with van der Waals surface area (Å²) >= 11 is 0. The quantitative estimate of drug-likeness (QED) is 0.897. The molecule has 0 radical (unpaired) electrons. The lowest BCUT2D eigenvalue weighted by atomic mass is 9.98. The van der Waals surface area contributed by atoms with Crippen molar-refractivity contribution in [2.45, 2.75) is 32.9 Å². The molecule has 0 bridgehead atoms. The van der Waals surface area contributed by atoms with Crippen LogP contribution in [0.1, 0.15) is 32.4 Å². The van der Waals surface area contributed by atoms with Crippen LogP contribution in [0.15, 0.2) is 42.5 Å². The van der Waals surface area contributed by atoms with Gasteiger partial charge in [0, 0.05) is 0 Å². The fourth-order valence-electron chi connectivity index (χ4n) is 2.32. The number of benzene rings is 2. The number of carbonyl (C=O) groups is 1. The van der Waals surface area contributed by atoms with Gasteiger partial charge in [-0.25, -0.2) is 0 Å². The van der Waals surface area contributed by atoms with Gasteiger partial charge in [-0.2, -0.15) is 0 Å². The van der Waals surface area contributed by atoms with Crippen LogP contribution < -0.4 is 11.1 Å². The Bertz CT molecular complexity index is 601. The number of hydrogen-bond acceptors (Lipinski definition) is 2. The minimum atomic E-state index is -0.465. The van der Waals surface area contributed by atoms with E-state index in [2.05, 4.69) is 23.5 Å². The summed E-state index contributed by atoms with van der Waals surface area (Å²) in [5, 5.41) is 5.35. The van der Waals surface area contributed by atoms with Crippen LogP contribution in [0.4, 0.5) is 0 Å². The third kappa shape index (κ3) is 2.99. The summed E-state index contributed by atoms with van der Waals surface area (Å²) in [5.74, 6) is 0.0372. The molecule has 106 valence electrons. The third-order valence-corrected chi connectivity index (χ3v) is 3.67. The Morgan fingerprint density at radius 2 is 1.70 bits per heavy atom. The third-order valence-electron chi connectivity index (χ3n) is 3.67. The van der Waals surface area contributed by atoms with E-state index in [9.17, 15) is 4.79 Å². The molecule has 2 rings (SSSR count). The van der Waals surface area contributed by atoms with Crippen LogP contribution in [-0.4, -0.2) is 11.9 Å². The molecule has 1 amide bonds. The van der Waals surface area contributed by atoms with Crippen molar-refractivity contribution < 1.29 is 4.79 Å². The lowest BCUT2D eigenvalue weighted by molar-refractivity contribution is -0.123. The molecule has 3 heteroatoms. The summed E-state index contributed by atoms with van der Waals surface area (Å²) in [4.78, 5) is 12.1. The molecule has 0 aliphatic carbocycles. The number of rotatable bonds is 4. The maximum Gasteiger partial charge on any atom is 0.237 e. The molecule has 0 fully saturated rings. The molecular weight excluding hydrogens is 248 g/mol. The second-order valence-corrected chi connectivity index (χ2v) is 5.57. The van der Waals surface area contributed by atoms with E-state index < -0.39 is 6.04 Å². The van der Waals surface area contributed by atoms with Gasteiger partial charge < -0.3 is 11.1 Å². The van der Waals surface area contributed by atoms with Crippen LogP contribution in [0.5, 0.6) is 0 Å². The van der Waals surface area contributed by atoms with Gasteiger partial charge in [0.2, 0.25) is 5.91 Å². The topological polar surface area (TPSA) is 55.1 Å². The zero-order valence-electron chi connectivity index (χ0n) is 12.3. The van der Waals surface area contributed by atoms with E-state index in [0.29, 0.717) is 0 Å². The highest BCUT2D eigenvalue weighted by Gasteiger charge is 2.20. The Morgan fingerprint density at radius 3 is 2.40 bits per heavy atom. The lowest BCUT2D eigenvalue weighted by Gasteiger charge is -2.21. The SMILES string of the molecule is CC(C)[C@@H](N)C(=O)N[C@@H](C)c1cccc2ccccc12. The zero-order chi connectivity index (χ0) is 14.7. The van der Waals surface area contributed by atoms with Crippen molar-refractivity contribution >= 4 is 16.7 Å². The largest absolute Gasteiger partial charge is 0.348 e. The standard InChI is InChI=1S/C17H22N2O/c1-11(2)16(18)17(20)19-12(3)14-10-6-8-13-7-4-5-9-15(13)14/h4-12,16H,18H2,1-3H3,(H,19,20)/t12-,16+/m0/s1. The van der Waals surface area contributed by atoms with E-state index in [4.69, 9.17) is 5.73 Å². The molecule has 0 aliphatic rings. The number of carbonyl (C=O) groups excluding carboxylic acids is 1. The van der Waals surface area contributed by atoms with Crippen molar-refractivity contribution in [1.29, 1.82) is 0 Å². The molecule has 2 aromatic rings. The summed E-state index contributed by atoms with van der Waals surface area (Å²) in [6.07, 6.45) is 0. The normalized spacial score (nSPS) is 14.2. The average Bonchev–Trinajstić information content (AvgIpc) is 2.45. The van der Waals surface area contributed by atoms with Gasteiger partial charge in [-0.1, -0.05) is 56.3 Å². The van der Waals surface area contributed by atoms with Gasteiger partial charge in [-0.05, 0) is 29.2 Å². The number of hydrogen-bond donors (Lipinski definition) is 2. The van der Waals surface area contributed by atoms with Gasteiger partial charge in [0.1, 0.15) is 0 Å². The van der Waals surface area contributed by atoms with Gasteiger partial charge in [-0.15, -0.1) is 0 Å². The van der Waals surface area contributed by atoms with Gasteiger partial charge in [0.05, 0.1) is 12.1 Å². The first-order chi connectivity index (χ1) is 9.50. The van der Waals surface area contributed by atoms with E-state index in [1.165, 1.54) is 10.8 Å². The molecule has 0 aliphatic heterocycles. The van der Waals surface area contributed by atoms with Crippen LogP contribution in [0, 0.1) is 5.92 Å². The fourth-order valence-corrected chi connectivity index (χ4v) is 2.32. The Labute approximate surface area is 120 Å². The summed E-state index contributed by atoms with van der Waals surface area (Å²) in [6.45, 7) is 5.90. The van der Waals surface area contributed by atoms with Crippen LogP contribution in [-0.2, 0) is 4.79 Å². The zero-order valence-corrected chi connectivity index (χ0v) is 12.3. The lowest BCUT2D eigenvalue weighted by Crippen LogP contribution is -2.44. The van der Waals surface area contributed by atoms with Crippen molar-refractivity contribution in [1.82, 2.24) is 5.32 Å². The Hall–Kier alpha value is -1.87. The van der Waals surface area contributed by atoms with E-state index in [1.807, 2.05) is 45.0 Å². The molecular formula is C17H22N2O. The molecule has 0 aromatic heterocycles. The van der Waals surface area contributed by atoms with Crippen LogP contribution in [0.2, 0.25) is 0 Å². The fraction of sp³-hybridized carbons (Fsp3) is 0.353. The minimum absolute atomic E-state index is 0.0570. The van der Waals surface area contributed by atoms with Crippen LogP contribution in [0.3, 0.4) is 0 Å². The number of nitrogens with one attached hydrogen (secondary N) is 1. The highest BCUT2D eigenvalue weighted by atomic mass is 16.2. The van der Waals surface area contributed by atoms with E-state index >= 15 is 0 Å². The Kier molecular flexibility index (Phi) is 4.40. The van der Waals surface area contributed by atoms with Gasteiger partial charge in [-0.3, -0.25) is 4.79 Å². The van der Waals surface area contributed by atoms with Gasteiger partial charge in [0.25, 0.3) is 0 Å². The Morgan fingerprint density at radius 1 is 1.05 bits per heavy atom. The maximum absolute atomic E-state index is 12.1. The minimum Gasteiger partial charge on any atom is -0.348 e. The summed E-state index contributed by atoms with van der Waals surface area (Å²) in [7, 11) is 0. The van der Waals surface area contributed by atoms with E-state index in [-0.39, 0.29) is 17.9 Å². The highest BCUT2D eigenvalue weighted by molar-refractivity contribution is 5.87. The monoisotopic (exact) mass is 270 g/mol. The van der Waals surface area contributed by atoms with Gasteiger partial charge >= 0.3 is 0 Å². The Balaban J connectivity index is 2.24. The molecule has 0 unspecified atom stereocenters. The second-order valence-electron chi connectivity index (χ2n) is 5.57. The number of fused-ring (bicyclic) bond motifs is 1. The van der Waals surface area contributed by atoms with Crippen molar-refractivity contribution in [3.63, 3.8) is 0 Å². The first kappa shape index (κ1) is 14.5. The average molecular weight is 270 g/mol. The van der Waals surface area contributed by atoms with Crippen molar-refractivity contribution in [2.24, 2.45) is 11.7 Å². The number of nitrogens with two attached hydrogens (primary N) is 1. The molecule has 3 N–H and O–H groups in total. The van der Waals surface area contributed by atoms with Crippen molar-refractivity contribution in [3.05, 3.63) is 48.0 Å². The summed E-state index contributed by atoms with van der Waals surface area (Å²) < 4.78 is 0. The molecule has 20 heavy (non-hydrogen) atoms. The summed E-state index contributed by atoms with van der Waals surface area (Å²) in [6, 6.07) is 13.8.